The van der Waals surface area contributed by atoms with Gasteiger partial charge in [-0.2, -0.15) is 11.3 Å². The molecule has 118 valence electrons. The predicted molar refractivity (Wildman–Crippen MR) is 88.5 cm³/mol. The van der Waals surface area contributed by atoms with Gasteiger partial charge in [0.05, 0.1) is 6.10 Å². The summed E-state index contributed by atoms with van der Waals surface area (Å²) in [6.45, 7) is 9.43. The molecular formula is C17H28N2OS. The maximum absolute atomic E-state index is 6.78. The van der Waals surface area contributed by atoms with Crippen LogP contribution in [0, 0.1) is 5.41 Å². The summed E-state index contributed by atoms with van der Waals surface area (Å²) >= 11 is 1.78. The lowest BCUT2D eigenvalue weighted by molar-refractivity contribution is -0.157. The molecule has 1 heterocycles. The molecule has 0 saturated heterocycles. The Morgan fingerprint density at radius 1 is 1.43 bits per heavy atom. The first kappa shape index (κ1) is 15.5. The van der Waals surface area contributed by atoms with Crippen LogP contribution in [0.3, 0.4) is 0 Å². The van der Waals surface area contributed by atoms with Gasteiger partial charge < -0.3 is 10.5 Å². The van der Waals surface area contributed by atoms with E-state index in [1.165, 1.54) is 18.4 Å². The number of nitrogens with zero attached hydrogens (tertiary/aromatic N) is 1. The quantitative estimate of drug-likeness (QED) is 0.840. The molecule has 2 unspecified atom stereocenters. The van der Waals surface area contributed by atoms with Gasteiger partial charge in [-0.3, -0.25) is 4.90 Å². The smallest absolute Gasteiger partial charge is 0.0662 e. The second-order valence-corrected chi connectivity index (χ2v) is 8.07. The molecule has 3 nitrogen and oxygen atoms in total. The summed E-state index contributed by atoms with van der Waals surface area (Å²) in [6, 6.07) is 2.98. The number of nitrogens with two attached hydrogens (primary N) is 1. The van der Waals surface area contributed by atoms with Crippen LogP contribution in [0.4, 0.5) is 0 Å². The van der Waals surface area contributed by atoms with Gasteiger partial charge in [0, 0.05) is 36.7 Å². The second kappa shape index (κ2) is 5.65. The Morgan fingerprint density at radius 2 is 2.19 bits per heavy atom. The van der Waals surface area contributed by atoms with Crippen LogP contribution in [0.5, 0.6) is 0 Å². The van der Waals surface area contributed by atoms with Gasteiger partial charge in [-0.1, -0.05) is 13.8 Å². The minimum Gasteiger partial charge on any atom is -0.378 e. The van der Waals surface area contributed by atoms with E-state index < -0.39 is 0 Å². The van der Waals surface area contributed by atoms with E-state index >= 15 is 0 Å². The van der Waals surface area contributed by atoms with Crippen molar-refractivity contribution in [2.24, 2.45) is 11.1 Å². The molecule has 0 radical (unpaired) electrons. The van der Waals surface area contributed by atoms with E-state index in [-0.39, 0.29) is 11.0 Å². The average Bonchev–Trinajstić information content (AvgIpc) is 3.16. The highest BCUT2D eigenvalue weighted by Gasteiger charge is 2.59. The second-order valence-electron chi connectivity index (χ2n) is 7.29. The largest absolute Gasteiger partial charge is 0.378 e. The maximum Gasteiger partial charge on any atom is 0.0662 e. The Bertz CT molecular complexity index is 469. The lowest BCUT2D eigenvalue weighted by atomic mass is 9.54. The van der Waals surface area contributed by atoms with Gasteiger partial charge in [0.2, 0.25) is 0 Å². The molecule has 21 heavy (non-hydrogen) atoms. The first-order chi connectivity index (χ1) is 9.96. The molecule has 2 atom stereocenters. The lowest BCUT2D eigenvalue weighted by Gasteiger charge is -2.60. The van der Waals surface area contributed by atoms with E-state index in [0.717, 1.165) is 32.2 Å². The Morgan fingerprint density at radius 3 is 2.71 bits per heavy atom. The molecule has 2 fully saturated rings. The fraction of sp³-hybridized carbons (Fsp3) is 0.765. The topological polar surface area (TPSA) is 38.5 Å². The first-order valence-corrected chi connectivity index (χ1v) is 9.06. The molecule has 3 rings (SSSR count). The van der Waals surface area contributed by atoms with Crippen LogP contribution >= 0.6 is 11.3 Å². The molecule has 0 aliphatic heterocycles. The van der Waals surface area contributed by atoms with E-state index in [2.05, 4.69) is 42.5 Å². The van der Waals surface area contributed by atoms with Gasteiger partial charge in [-0.25, -0.2) is 0 Å². The summed E-state index contributed by atoms with van der Waals surface area (Å²) in [5.41, 5.74) is 8.14. The maximum atomic E-state index is 6.78. The monoisotopic (exact) mass is 308 g/mol. The summed E-state index contributed by atoms with van der Waals surface area (Å²) in [5.74, 6) is 0. The molecule has 1 aromatic rings. The zero-order valence-electron chi connectivity index (χ0n) is 13.5. The van der Waals surface area contributed by atoms with E-state index in [1.807, 2.05) is 0 Å². The van der Waals surface area contributed by atoms with Gasteiger partial charge in [0.1, 0.15) is 0 Å². The van der Waals surface area contributed by atoms with Crippen LogP contribution < -0.4 is 5.73 Å². The molecule has 0 bridgehead atoms. The van der Waals surface area contributed by atoms with Crippen molar-refractivity contribution in [2.45, 2.75) is 64.3 Å². The molecule has 0 amide bonds. The predicted octanol–water partition coefficient (Wildman–Crippen LogP) is 3.25. The highest BCUT2D eigenvalue weighted by atomic mass is 32.1. The lowest BCUT2D eigenvalue weighted by Crippen LogP contribution is -2.73. The van der Waals surface area contributed by atoms with Crippen molar-refractivity contribution < 1.29 is 4.74 Å². The summed E-state index contributed by atoms with van der Waals surface area (Å²) in [5, 5.41) is 4.42. The van der Waals surface area contributed by atoms with E-state index in [4.69, 9.17) is 10.5 Å². The van der Waals surface area contributed by atoms with Crippen LogP contribution in [0.15, 0.2) is 16.8 Å². The third-order valence-corrected chi connectivity index (χ3v) is 6.25. The molecular weight excluding hydrogens is 280 g/mol. The van der Waals surface area contributed by atoms with Gasteiger partial charge in [0.15, 0.2) is 0 Å². The first-order valence-electron chi connectivity index (χ1n) is 8.12. The molecule has 2 saturated carbocycles. The van der Waals surface area contributed by atoms with Crippen molar-refractivity contribution in [1.29, 1.82) is 0 Å². The Balaban J connectivity index is 1.66. The number of hydrogen-bond donors (Lipinski definition) is 1. The van der Waals surface area contributed by atoms with Crippen molar-refractivity contribution in [3.8, 4) is 0 Å². The SMILES string of the molecule is CCOC1CC(N)(CN(Cc2ccsc2)C2CC2)C1(C)C. The molecule has 2 N–H and O–H groups in total. The van der Waals surface area contributed by atoms with E-state index in [0.29, 0.717) is 6.10 Å². The summed E-state index contributed by atoms with van der Waals surface area (Å²) in [6.07, 6.45) is 3.96. The minimum atomic E-state index is -0.120. The fourth-order valence-electron chi connectivity index (χ4n) is 3.51. The van der Waals surface area contributed by atoms with Crippen LogP contribution in [0.1, 0.15) is 45.6 Å². The Kier molecular flexibility index (Phi) is 4.17. The van der Waals surface area contributed by atoms with Crippen LogP contribution in [-0.4, -0.2) is 35.7 Å². The molecule has 1 aromatic heterocycles. The third kappa shape index (κ3) is 2.91. The van der Waals surface area contributed by atoms with Crippen molar-refractivity contribution in [2.75, 3.05) is 13.2 Å². The minimum absolute atomic E-state index is 0.0603. The summed E-state index contributed by atoms with van der Waals surface area (Å²) < 4.78 is 5.86. The van der Waals surface area contributed by atoms with Crippen LogP contribution in [-0.2, 0) is 11.3 Å². The third-order valence-electron chi connectivity index (χ3n) is 5.52. The van der Waals surface area contributed by atoms with Crippen molar-refractivity contribution in [1.82, 2.24) is 4.90 Å². The van der Waals surface area contributed by atoms with Gasteiger partial charge in [-0.05, 0) is 48.6 Å². The normalized spacial score (nSPS) is 31.4. The van der Waals surface area contributed by atoms with Crippen molar-refractivity contribution in [3.63, 3.8) is 0 Å². The Labute approximate surface area is 132 Å². The molecule has 2 aliphatic rings. The van der Waals surface area contributed by atoms with Crippen LogP contribution in [0.25, 0.3) is 0 Å². The fourth-order valence-corrected chi connectivity index (χ4v) is 4.17. The molecule has 4 heteroatoms. The summed E-state index contributed by atoms with van der Waals surface area (Å²) in [4.78, 5) is 2.60. The number of rotatable bonds is 7. The zero-order chi connectivity index (χ0) is 15.1. The number of ether oxygens (including phenoxy) is 1. The summed E-state index contributed by atoms with van der Waals surface area (Å²) in [7, 11) is 0. The zero-order valence-corrected chi connectivity index (χ0v) is 14.3. The van der Waals surface area contributed by atoms with Crippen molar-refractivity contribution >= 4 is 11.3 Å². The molecule has 0 aromatic carbocycles. The highest BCUT2D eigenvalue weighted by Crippen LogP contribution is 2.50. The molecule has 0 spiro atoms. The van der Waals surface area contributed by atoms with Gasteiger partial charge in [0.25, 0.3) is 0 Å². The number of hydrogen-bond acceptors (Lipinski definition) is 4. The van der Waals surface area contributed by atoms with Crippen molar-refractivity contribution in [3.05, 3.63) is 22.4 Å². The highest BCUT2D eigenvalue weighted by molar-refractivity contribution is 7.07. The van der Waals surface area contributed by atoms with Gasteiger partial charge in [-0.15, -0.1) is 0 Å². The standard InChI is InChI=1S/C17H28N2OS/c1-4-20-15-9-17(18,16(15,2)3)12-19(14-5-6-14)10-13-7-8-21-11-13/h7-8,11,14-15H,4-6,9-10,12,18H2,1-3H3. The average molecular weight is 308 g/mol. The molecule has 2 aliphatic carbocycles. The van der Waals surface area contributed by atoms with Gasteiger partial charge >= 0.3 is 0 Å². The van der Waals surface area contributed by atoms with E-state index in [9.17, 15) is 0 Å². The van der Waals surface area contributed by atoms with Crippen LogP contribution in [0.2, 0.25) is 0 Å². The van der Waals surface area contributed by atoms with E-state index in [1.54, 1.807) is 11.3 Å². The number of thiophene rings is 1. The Hall–Kier alpha value is -0.420.